The second kappa shape index (κ2) is 15.1. The van der Waals surface area contributed by atoms with Gasteiger partial charge in [0, 0.05) is 19.0 Å². The fourth-order valence-corrected chi connectivity index (χ4v) is 6.48. The molecule has 1 atom stereocenters. The molecule has 4 aromatic carbocycles. The van der Waals surface area contributed by atoms with Gasteiger partial charge >= 0.3 is 0 Å². The third-order valence-corrected chi connectivity index (χ3v) is 9.23. The van der Waals surface area contributed by atoms with Crippen molar-refractivity contribution in [3.8, 4) is 5.75 Å². The summed E-state index contributed by atoms with van der Waals surface area (Å²) in [5.41, 5.74) is 3.21. The molecule has 242 valence electrons. The van der Waals surface area contributed by atoms with Crippen molar-refractivity contribution >= 4 is 27.5 Å². The van der Waals surface area contributed by atoms with E-state index in [1.54, 1.807) is 42.5 Å². The topological polar surface area (TPSA) is 96.0 Å². The lowest BCUT2D eigenvalue weighted by Crippen LogP contribution is -2.54. The molecule has 0 aliphatic heterocycles. The van der Waals surface area contributed by atoms with Gasteiger partial charge in [-0.15, -0.1) is 0 Å². The molecule has 0 aromatic heterocycles. The van der Waals surface area contributed by atoms with Crippen LogP contribution in [0.25, 0.3) is 0 Å². The van der Waals surface area contributed by atoms with Crippen molar-refractivity contribution in [1.29, 1.82) is 0 Å². The molecular weight excluding hydrogens is 605 g/mol. The summed E-state index contributed by atoms with van der Waals surface area (Å²) < 4.78 is 49.0. The molecule has 0 aliphatic carbocycles. The van der Waals surface area contributed by atoms with Crippen LogP contribution in [0, 0.1) is 19.7 Å². The average molecular weight is 646 g/mol. The molecule has 0 saturated carbocycles. The Bertz CT molecular complexity index is 1750. The number of hydrogen-bond acceptors (Lipinski definition) is 5. The summed E-state index contributed by atoms with van der Waals surface area (Å²) in [5, 5.41) is 2.92. The van der Waals surface area contributed by atoms with Crippen LogP contribution in [0.1, 0.15) is 36.1 Å². The molecule has 0 aliphatic rings. The van der Waals surface area contributed by atoms with E-state index in [1.165, 1.54) is 36.3 Å². The smallest absolute Gasteiger partial charge is 0.264 e. The third-order valence-electron chi connectivity index (χ3n) is 7.46. The Kier molecular flexibility index (Phi) is 11.2. The Hall–Kier alpha value is -4.70. The van der Waals surface area contributed by atoms with E-state index in [9.17, 15) is 22.4 Å². The molecule has 0 fully saturated rings. The first-order valence-corrected chi connectivity index (χ1v) is 16.4. The SMILES string of the molecule is COc1ccc(C)cc1N(CC(=O)N(Cc1ccc(F)cc1)[C@H](Cc1ccccc1)C(=O)NC(C)C)S(=O)(=O)c1ccc(C)cc1. The molecule has 8 nitrogen and oxygen atoms in total. The number of benzene rings is 4. The number of methoxy groups -OCH3 is 1. The molecule has 4 rings (SSSR count). The maximum Gasteiger partial charge on any atom is 0.264 e. The van der Waals surface area contributed by atoms with Gasteiger partial charge in [-0.3, -0.25) is 13.9 Å². The van der Waals surface area contributed by atoms with Crippen molar-refractivity contribution in [3.63, 3.8) is 0 Å². The fourth-order valence-electron chi connectivity index (χ4n) is 5.07. The number of ether oxygens (including phenoxy) is 1. The van der Waals surface area contributed by atoms with Crippen molar-refractivity contribution in [2.45, 2.75) is 57.6 Å². The first-order valence-electron chi connectivity index (χ1n) is 15.0. The van der Waals surface area contributed by atoms with Gasteiger partial charge < -0.3 is 15.0 Å². The largest absolute Gasteiger partial charge is 0.495 e. The maximum absolute atomic E-state index is 14.6. The van der Waals surface area contributed by atoms with Gasteiger partial charge in [0.15, 0.2) is 0 Å². The molecule has 10 heteroatoms. The molecule has 46 heavy (non-hydrogen) atoms. The molecule has 1 N–H and O–H groups in total. The van der Waals surface area contributed by atoms with E-state index in [2.05, 4.69) is 5.32 Å². The molecule has 4 aromatic rings. The summed E-state index contributed by atoms with van der Waals surface area (Å²) in [6.45, 7) is 6.62. The van der Waals surface area contributed by atoms with Gasteiger partial charge in [0.1, 0.15) is 24.2 Å². The summed E-state index contributed by atoms with van der Waals surface area (Å²) in [6, 6.07) is 25.1. The van der Waals surface area contributed by atoms with Crippen LogP contribution >= 0.6 is 0 Å². The van der Waals surface area contributed by atoms with Gasteiger partial charge in [-0.1, -0.05) is 66.2 Å². The van der Waals surface area contributed by atoms with E-state index < -0.39 is 40.2 Å². The number of anilines is 1. The number of nitrogens with one attached hydrogen (secondary N) is 1. The van der Waals surface area contributed by atoms with E-state index in [0.717, 1.165) is 21.0 Å². The average Bonchev–Trinajstić information content (AvgIpc) is 3.02. The van der Waals surface area contributed by atoms with Gasteiger partial charge in [-0.05, 0) is 80.8 Å². The number of nitrogens with zero attached hydrogens (tertiary/aromatic N) is 2. The quantitative estimate of drug-likeness (QED) is 0.198. The number of halogens is 1. The Morgan fingerprint density at radius 3 is 2.09 bits per heavy atom. The first-order chi connectivity index (χ1) is 21.9. The number of carbonyl (C=O) groups is 2. The molecule has 0 saturated heterocycles. The minimum absolute atomic E-state index is 0.00192. The molecular formula is C36H40FN3O5S. The first kappa shape index (κ1) is 34.2. The number of sulfonamides is 1. The van der Waals surface area contributed by atoms with Crippen LogP contribution in [-0.4, -0.2) is 50.9 Å². The van der Waals surface area contributed by atoms with E-state index in [-0.39, 0.29) is 35.3 Å². The lowest BCUT2D eigenvalue weighted by molar-refractivity contribution is -0.140. The van der Waals surface area contributed by atoms with Crippen LogP contribution in [0.4, 0.5) is 10.1 Å². The summed E-state index contributed by atoms with van der Waals surface area (Å²) in [7, 11) is -2.87. The third kappa shape index (κ3) is 8.51. The Balaban J connectivity index is 1.85. The van der Waals surface area contributed by atoms with Crippen LogP contribution in [0.2, 0.25) is 0 Å². The zero-order valence-corrected chi connectivity index (χ0v) is 27.6. The second-order valence-corrected chi connectivity index (χ2v) is 13.4. The molecule has 0 spiro atoms. The lowest BCUT2D eigenvalue weighted by Gasteiger charge is -2.34. The Morgan fingerprint density at radius 1 is 0.848 bits per heavy atom. The Morgan fingerprint density at radius 2 is 1.48 bits per heavy atom. The zero-order chi connectivity index (χ0) is 33.4. The van der Waals surface area contributed by atoms with E-state index in [0.29, 0.717) is 5.56 Å². The second-order valence-electron chi connectivity index (χ2n) is 11.5. The summed E-state index contributed by atoms with van der Waals surface area (Å²) in [5.74, 6) is -1.20. The summed E-state index contributed by atoms with van der Waals surface area (Å²) in [4.78, 5) is 29.7. The summed E-state index contributed by atoms with van der Waals surface area (Å²) >= 11 is 0. The van der Waals surface area contributed by atoms with E-state index in [1.807, 2.05) is 58.0 Å². The number of amides is 2. The van der Waals surface area contributed by atoms with Gasteiger partial charge in [-0.25, -0.2) is 12.8 Å². The van der Waals surface area contributed by atoms with Crippen molar-refractivity contribution in [2.75, 3.05) is 18.0 Å². The lowest BCUT2D eigenvalue weighted by atomic mass is 10.0. The number of carbonyl (C=O) groups excluding carboxylic acids is 2. The van der Waals surface area contributed by atoms with Crippen LogP contribution in [0.3, 0.4) is 0 Å². The van der Waals surface area contributed by atoms with Crippen LogP contribution in [-0.2, 0) is 32.6 Å². The molecule has 0 bridgehead atoms. The predicted molar refractivity (Wildman–Crippen MR) is 178 cm³/mol. The van der Waals surface area contributed by atoms with Gasteiger partial charge in [0.05, 0.1) is 17.7 Å². The number of hydrogen-bond donors (Lipinski definition) is 1. The minimum atomic E-state index is -4.30. The molecule has 0 radical (unpaired) electrons. The van der Waals surface area contributed by atoms with Gasteiger partial charge in [-0.2, -0.15) is 0 Å². The number of aryl methyl sites for hydroxylation is 2. The molecule has 0 unspecified atom stereocenters. The monoisotopic (exact) mass is 645 g/mol. The molecule has 0 heterocycles. The summed E-state index contributed by atoms with van der Waals surface area (Å²) in [6.07, 6.45) is 0.171. The Labute approximate surface area is 270 Å². The highest BCUT2D eigenvalue weighted by atomic mass is 32.2. The maximum atomic E-state index is 14.6. The predicted octanol–water partition coefficient (Wildman–Crippen LogP) is 5.81. The standard InChI is InChI=1S/C36H40FN3O5S/c1-25(2)38-36(42)33(22-28-9-7-6-8-10-28)39(23-29-14-16-30(37)17-15-29)35(41)24-40(32-21-27(4)13-20-34(32)45-5)46(43,44)31-18-11-26(3)12-19-31/h6-21,25,33H,22-24H2,1-5H3,(H,38,42)/t33-/m1/s1. The minimum Gasteiger partial charge on any atom is -0.495 e. The van der Waals surface area contributed by atoms with Crippen LogP contribution in [0.5, 0.6) is 5.75 Å². The highest BCUT2D eigenvalue weighted by Crippen LogP contribution is 2.34. The van der Waals surface area contributed by atoms with E-state index >= 15 is 0 Å². The van der Waals surface area contributed by atoms with Crippen molar-refractivity contribution in [1.82, 2.24) is 10.2 Å². The zero-order valence-electron chi connectivity index (χ0n) is 26.7. The highest BCUT2D eigenvalue weighted by Gasteiger charge is 2.35. The van der Waals surface area contributed by atoms with Crippen LogP contribution in [0.15, 0.2) is 102 Å². The van der Waals surface area contributed by atoms with Crippen molar-refractivity contribution in [2.24, 2.45) is 0 Å². The van der Waals surface area contributed by atoms with Gasteiger partial charge in [0.2, 0.25) is 11.8 Å². The normalized spacial score (nSPS) is 12.0. The highest BCUT2D eigenvalue weighted by molar-refractivity contribution is 7.92. The number of rotatable bonds is 13. The van der Waals surface area contributed by atoms with Crippen LogP contribution < -0.4 is 14.4 Å². The van der Waals surface area contributed by atoms with Gasteiger partial charge in [0.25, 0.3) is 10.0 Å². The fraction of sp³-hybridized carbons (Fsp3) is 0.278. The van der Waals surface area contributed by atoms with E-state index in [4.69, 9.17) is 4.74 Å². The van der Waals surface area contributed by atoms with Crippen molar-refractivity contribution in [3.05, 3.63) is 125 Å². The molecule has 2 amide bonds. The van der Waals surface area contributed by atoms with Crippen molar-refractivity contribution < 1.29 is 27.1 Å².